The molecule has 1 unspecified atom stereocenters. The van der Waals surface area contributed by atoms with Crippen LogP contribution in [-0.4, -0.2) is 29.0 Å². The number of amides is 1. The van der Waals surface area contributed by atoms with Crippen LogP contribution in [0.15, 0.2) is 60.7 Å². The van der Waals surface area contributed by atoms with Crippen molar-refractivity contribution in [3.8, 4) is 0 Å². The van der Waals surface area contributed by atoms with Crippen LogP contribution >= 0.6 is 0 Å². The van der Waals surface area contributed by atoms with Gasteiger partial charge in [0.1, 0.15) is 11.6 Å². The number of nitrogens with one attached hydrogen (secondary N) is 1. The van der Waals surface area contributed by atoms with Crippen molar-refractivity contribution in [2.75, 3.05) is 18.4 Å². The van der Waals surface area contributed by atoms with Gasteiger partial charge in [-0.3, -0.25) is 9.69 Å². The fourth-order valence-electron chi connectivity index (χ4n) is 4.25. The van der Waals surface area contributed by atoms with Crippen molar-refractivity contribution in [1.82, 2.24) is 4.90 Å². The fraction of sp³-hybridized carbons (Fsp3) is 0.269. The summed E-state index contributed by atoms with van der Waals surface area (Å²) in [5.74, 6) is -2.25. The van der Waals surface area contributed by atoms with E-state index in [1.165, 1.54) is 12.1 Å². The molecule has 9 heteroatoms. The van der Waals surface area contributed by atoms with Gasteiger partial charge in [0.25, 0.3) is 0 Å². The van der Waals surface area contributed by atoms with Crippen molar-refractivity contribution in [3.63, 3.8) is 0 Å². The van der Waals surface area contributed by atoms with Crippen molar-refractivity contribution in [2.45, 2.75) is 31.7 Å². The second kappa shape index (κ2) is 10.1. The maximum atomic E-state index is 13.8. The molecule has 4 nitrogen and oxygen atoms in total. The van der Waals surface area contributed by atoms with Crippen LogP contribution < -0.4 is 5.32 Å². The number of hydrogen-bond donors (Lipinski definition) is 2. The molecule has 3 aromatic carbocycles. The van der Waals surface area contributed by atoms with Crippen molar-refractivity contribution >= 4 is 11.6 Å². The van der Waals surface area contributed by atoms with Crippen molar-refractivity contribution < 1.29 is 31.9 Å². The average molecular weight is 490 g/mol. The van der Waals surface area contributed by atoms with Crippen LogP contribution in [0.4, 0.5) is 27.6 Å². The summed E-state index contributed by atoms with van der Waals surface area (Å²) in [6.07, 6.45) is -5.23. The molecule has 1 heterocycles. The molecule has 1 amide bonds. The minimum absolute atomic E-state index is 0.138. The summed E-state index contributed by atoms with van der Waals surface area (Å²) < 4.78 is 65.1. The number of halogens is 5. The van der Waals surface area contributed by atoms with E-state index in [4.69, 9.17) is 0 Å². The summed E-state index contributed by atoms with van der Waals surface area (Å²) in [6, 6.07) is 13.6. The van der Waals surface area contributed by atoms with Gasteiger partial charge in [0.2, 0.25) is 5.91 Å². The third-order valence-electron chi connectivity index (χ3n) is 6.01. The first-order valence-corrected chi connectivity index (χ1v) is 11.0. The Hall–Kier alpha value is -3.30. The number of alkyl halides is 3. The van der Waals surface area contributed by atoms with Gasteiger partial charge < -0.3 is 10.4 Å². The molecule has 0 bridgehead atoms. The van der Waals surface area contributed by atoms with Gasteiger partial charge in [-0.05, 0) is 59.0 Å². The quantitative estimate of drug-likeness (QED) is 0.464. The molecule has 0 fully saturated rings. The first kappa shape index (κ1) is 24.8. The lowest BCUT2D eigenvalue weighted by molar-refractivity contribution is -0.140. The Morgan fingerprint density at radius 1 is 1.06 bits per heavy atom. The fourth-order valence-corrected chi connectivity index (χ4v) is 4.25. The Morgan fingerprint density at radius 2 is 1.80 bits per heavy atom. The molecule has 3 aromatic rings. The lowest BCUT2D eigenvalue weighted by Gasteiger charge is -2.31. The second-order valence-corrected chi connectivity index (χ2v) is 8.53. The molecule has 184 valence electrons. The molecule has 35 heavy (non-hydrogen) atoms. The topological polar surface area (TPSA) is 52.6 Å². The zero-order valence-corrected chi connectivity index (χ0v) is 18.6. The van der Waals surface area contributed by atoms with Gasteiger partial charge in [-0.25, -0.2) is 8.78 Å². The number of β-amino-alcohol motifs (C(OH)–C–C–N with tert-alkyl or cyclic N) is 1. The molecule has 0 radical (unpaired) electrons. The standard InChI is InChI=1S/C26H23F5N2O2/c27-19-7-5-17(6-8-19)24(34)15-33-11-10-20-18(14-33)2-1-3-23(20)32-25(35)13-16-4-9-21(22(28)12-16)26(29,30)31/h1-9,12,24,34H,10-11,13-15H2,(H,32,35). The highest BCUT2D eigenvalue weighted by atomic mass is 19.4. The molecule has 0 saturated carbocycles. The van der Waals surface area contributed by atoms with E-state index in [-0.39, 0.29) is 17.8 Å². The lowest BCUT2D eigenvalue weighted by Crippen LogP contribution is -2.34. The zero-order valence-electron chi connectivity index (χ0n) is 18.6. The predicted molar refractivity (Wildman–Crippen MR) is 121 cm³/mol. The summed E-state index contributed by atoms with van der Waals surface area (Å²) in [5.41, 5.74) is 1.90. The molecule has 2 N–H and O–H groups in total. The monoisotopic (exact) mass is 490 g/mol. The number of nitrogens with zero attached hydrogens (tertiary/aromatic N) is 1. The van der Waals surface area contributed by atoms with Gasteiger partial charge in [0.15, 0.2) is 0 Å². The zero-order chi connectivity index (χ0) is 25.2. The molecule has 1 aliphatic heterocycles. The Kier molecular flexibility index (Phi) is 7.18. The van der Waals surface area contributed by atoms with E-state index in [0.29, 0.717) is 43.4 Å². The number of rotatable bonds is 6. The lowest BCUT2D eigenvalue weighted by atomic mass is 9.96. The summed E-state index contributed by atoms with van der Waals surface area (Å²) in [6.45, 7) is 1.53. The number of aliphatic hydroxyl groups is 1. The van der Waals surface area contributed by atoms with Crippen LogP contribution in [0, 0.1) is 11.6 Å². The number of benzene rings is 3. The Balaban J connectivity index is 1.39. The second-order valence-electron chi connectivity index (χ2n) is 8.53. The van der Waals surface area contributed by atoms with Gasteiger partial charge in [0.05, 0.1) is 18.1 Å². The predicted octanol–water partition coefficient (Wildman–Crippen LogP) is 5.26. The SMILES string of the molecule is O=C(Cc1ccc(C(F)(F)F)c(F)c1)Nc1cccc2c1CCN(CC(O)c1ccc(F)cc1)C2. The van der Waals surface area contributed by atoms with Crippen molar-refractivity contribution in [1.29, 1.82) is 0 Å². The first-order chi connectivity index (χ1) is 16.6. The maximum absolute atomic E-state index is 13.8. The van der Waals surface area contributed by atoms with Gasteiger partial charge >= 0.3 is 6.18 Å². The molecule has 1 aliphatic rings. The molecule has 1 atom stereocenters. The molecular formula is C26H23F5N2O2. The van der Waals surface area contributed by atoms with E-state index >= 15 is 0 Å². The van der Waals surface area contributed by atoms with E-state index in [9.17, 15) is 31.9 Å². The normalized spacial score (nSPS) is 14.9. The van der Waals surface area contributed by atoms with Crippen LogP contribution in [0.1, 0.15) is 33.9 Å². The highest BCUT2D eigenvalue weighted by Crippen LogP contribution is 2.32. The minimum atomic E-state index is -4.79. The smallest absolute Gasteiger partial charge is 0.387 e. The van der Waals surface area contributed by atoms with E-state index in [0.717, 1.165) is 23.3 Å². The summed E-state index contributed by atoms with van der Waals surface area (Å²) in [4.78, 5) is 14.6. The van der Waals surface area contributed by atoms with Crippen molar-refractivity contribution in [2.24, 2.45) is 0 Å². The minimum Gasteiger partial charge on any atom is -0.387 e. The Morgan fingerprint density at radius 3 is 2.49 bits per heavy atom. The van der Waals surface area contributed by atoms with Crippen LogP contribution in [0.25, 0.3) is 0 Å². The highest BCUT2D eigenvalue weighted by molar-refractivity contribution is 5.93. The van der Waals surface area contributed by atoms with E-state index < -0.39 is 29.6 Å². The maximum Gasteiger partial charge on any atom is 0.419 e. The number of hydrogen-bond acceptors (Lipinski definition) is 3. The third-order valence-corrected chi connectivity index (χ3v) is 6.01. The summed E-state index contributed by atoms with van der Waals surface area (Å²) in [5, 5.41) is 13.3. The number of carbonyl (C=O) groups excluding carboxylic acids is 1. The van der Waals surface area contributed by atoms with Crippen LogP contribution in [-0.2, 0) is 30.4 Å². The third kappa shape index (κ3) is 6.04. The molecule has 4 rings (SSSR count). The largest absolute Gasteiger partial charge is 0.419 e. The van der Waals surface area contributed by atoms with E-state index in [1.807, 2.05) is 6.07 Å². The van der Waals surface area contributed by atoms with Crippen LogP contribution in [0.2, 0.25) is 0 Å². The number of aliphatic hydroxyl groups excluding tert-OH is 1. The van der Waals surface area contributed by atoms with Crippen LogP contribution in [0.3, 0.4) is 0 Å². The average Bonchev–Trinajstić information content (AvgIpc) is 2.78. The summed E-state index contributed by atoms with van der Waals surface area (Å²) in [7, 11) is 0. The van der Waals surface area contributed by atoms with Crippen LogP contribution in [0.5, 0.6) is 0 Å². The van der Waals surface area contributed by atoms with Crippen molar-refractivity contribution in [3.05, 3.63) is 100 Å². The molecule has 0 aromatic heterocycles. The Labute approximate surface area is 199 Å². The molecule has 0 aliphatic carbocycles. The van der Waals surface area contributed by atoms with E-state index in [2.05, 4.69) is 10.2 Å². The Bertz CT molecular complexity index is 1210. The molecular weight excluding hydrogens is 467 g/mol. The summed E-state index contributed by atoms with van der Waals surface area (Å²) >= 11 is 0. The number of fused-ring (bicyclic) bond motifs is 1. The van der Waals surface area contributed by atoms with Gasteiger partial charge in [-0.15, -0.1) is 0 Å². The molecule has 0 spiro atoms. The number of anilines is 1. The number of carbonyl (C=O) groups is 1. The van der Waals surface area contributed by atoms with Gasteiger partial charge in [-0.1, -0.05) is 30.3 Å². The van der Waals surface area contributed by atoms with Gasteiger partial charge in [-0.2, -0.15) is 13.2 Å². The molecule has 0 saturated heterocycles. The van der Waals surface area contributed by atoms with Gasteiger partial charge in [0, 0.05) is 25.3 Å². The first-order valence-electron chi connectivity index (χ1n) is 11.0. The highest BCUT2D eigenvalue weighted by Gasteiger charge is 2.34. The van der Waals surface area contributed by atoms with E-state index in [1.54, 1.807) is 24.3 Å².